The summed E-state index contributed by atoms with van der Waals surface area (Å²) in [7, 11) is 0. The average Bonchev–Trinajstić information content (AvgIpc) is 2.89. The van der Waals surface area contributed by atoms with Gasteiger partial charge in [-0.15, -0.1) is 0 Å². The predicted octanol–water partition coefficient (Wildman–Crippen LogP) is 5.71. The average molecular weight is 547 g/mol. The standard InChI is InChI=1S/C27H27F5N6O/c1-15(2)38-16(3)14-39-25-19(27(30,31)32)10-17(11-23(25)38)24-21(29)13-34-26(36-24)35-18-4-5-22(20(28)12-18)37-8-6-33-7-9-37/h4-5,10-13,15,33H,3,6-9,14H2,1-2H3,(H,34,35,36). The van der Waals surface area contributed by atoms with Crippen LogP contribution in [0.25, 0.3) is 11.3 Å². The van der Waals surface area contributed by atoms with Crippen LogP contribution in [-0.2, 0) is 6.18 Å². The number of aromatic nitrogens is 2. The van der Waals surface area contributed by atoms with E-state index in [1.165, 1.54) is 12.1 Å². The van der Waals surface area contributed by atoms with Crippen molar-refractivity contribution >= 4 is 23.0 Å². The Bertz CT molecular complexity index is 1400. The maximum atomic E-state index is 14.9. The molecule has 0 atom stereocenters. The normalized spacial score (nSPS) is 15.8. The van der Waals surface area contributed by atoms with Crippen molar-refractivity contribution in [2.75, 3.05) is 47.9 Å². The first kappa shape index (κ1) is 26.7. The van der Waals surface area contributed by atoms with Crippen molar-refractivity contribution in [3.8, 4) is 17.0 Å². The van der Waals surface area contributed by atoms with E-state index >= 15 is 0 Å². The first-order valence-corrected chi connectivity index (χ1v) is 12.4. The number of alkyl halides is 3. The van der Waals surface area contributed by atoms with Gasteiger partial charge in [0.15, 0.2) is 11.6 Å². The molecule has 7 nitrogen and oxygen atoms in total. The van der Waals surface area contributed by atoms with Crippen molar-refractivity contribution in [2.45, 2.75) is 26.1 Å². The Morgan fingerprint density at radius 1 is 1.05 bits per heavy atom. The Balaban J connectivity index is 1.52. The van der Waals surface area contributed by atoms with E-state index in [-0.39, 0.29) is 41.3 Å². The SMILES string of the molecule is C=C1COc2c(cc(-c3nc(Nc4ccc(N5CCNCC5)c(F)c4)ncc3F)cc2C(F)(F)F)N1C(C)C. The van der Waals surface area contributed by atoms with Gasteiger partial charge in [-0.3, -0.25) is 0 Å². The molecule has 0 unspecified atom stereocenters. The maximum absolute atomic E-state index is 14.9. The lowest BCUT2D eigenvalue weighted by Gasteiger charge is -2.37. The van der Waals surface area contributed by atoms with Crippen LogP contribution in [0.4, 0.5) is 45.0 Å². The second-order valence-electron chi connectivity index (χ2n) is 9.61. The lowest BCUT2D eigenvalue weighted by atomic mass is 10.0. The molecule has 0 bridgehead atoms. The van der Waals surface area contributed by atoms with Crippen molar-refractivity contribution in [3.63, 3.8) is 0 Å². The molecule has 12 heteroatoms. The highest BCUT2D eigenvalue weighted by Crippen LogP contribution is 2.48. The van der Waals surface area contributed by atoms with Gasteiger partial charge in [0.05, 0.1) is 17.6 Å². The number of halogens is 5. The highest BCUT2D eigenvalue weighted by atomic mass is 19.4. The van der Waals surface area contributed by atoms with Gasteiger partial charge >= 0.3 is 6.18 Å². The minimum Gasteiger partial charge on any atom is -0.485 e. The summed E-state index contributed by atoms with van der Waals surface area (Å²) in [5.74, 6) is -1.82. The van der Waals surface area contributed by atoms with Gasteiger partial charge in [-0.05, 0) is 44.2 Å². The Labute approximate surface area is 222 Å². The third kappa shape index (κ3) is 5.33. The van der Waals surface area contributed by atoms with E-state index in [2.05, 4.69) is 27.2 Å². The summed E-state index contributed by atoms with van der Waals surface area (Å²) in [6.45, 7) is 10.2. The molecule has 2 aliphatic heterocycles. The molecule has 0 amide bonds. The molecular weight excluding hydrogens is 519 g/mol. The van der Waals surface area contributed by atoms with E-state index in [9.17, 15) is 22.0 Å². The van der Waals surface area contributed by atoms with Crippen molar-refractivity contribution in [3.05, 3.63) is 66.0 Å². The molecule has 2 aromatic carbocycles. The van der Waals surface area contributed by atoms with E-state index in [1.54, 1.807) is 30.9 Å². The molecule has 39 heavy (non-hydrogen) atoms. The second kappa shape index (κ2) is 10.3. The molecular formula is C27H27F5N6O. The Hall–Kier alpha value is -3.93. The highest BCUT2D eigenvalue weighted by molar-refractivity contribution is 5.77. The first-order chi connectivity index (χ1) is 18.5. The fourth-order valence-electron chi connectivity index (χ4n) is 4.84. The number of hydrogen-bond acceptors (Lipinski definition) is 7. The number of rotatable bonds is 5. The first-order valence-electron chi connectivity index (χ1n) is 12.4. The zero-order chi connectivity index (χ0) is 27.9. The largest absolute Gasteiger partial charge is 0.485 e. The van der Waals surface area contributed by atoms with Gasteiger partial charge in [0.2, 0.25) is 5.95 Å². The van der Waals surface area contributed by atoms with Crippen LogP contribution in [0.3, 0.4) is 0 Å². The number of nitrogens with one attached hydrogen (secondary N) is 2. The smallest absolute Gasteiger partial charge is 0.420 e. The van der Waals surface area contributed by atoms with Crippen molar-refractivity contribution in [1.82, 2.24) is 15.3 Å². The minimum atomic E-state index is -4.77. The second-order valence-corrected chi connectivity index (χ2v) is 9.61. The number of hydrogen-bond donors (Lipinski definition) is 2. The van der Waals surface area contributed by atoms with Crippen LogP contribution >= 0.6 is 0 Å². The molecule has 1 saturated heterocycles. The summed E-state index contributed by atoms with van der Waals surface area (Å²) in [4.78, 5) is 11.6. The lowest BCUT2D eigenvalue weighted by Crippen LogP contribution is -2.43. The number of anilines is 4. The van der Waals surface area contributed by atoms with E-state index in [4.69, 9.17) is 4.74 Å². The molecule has 0 saturated carbocycles. The van der Waals surface area contributed by atoms with Crippen LogP contribution < -0.4 is 25.2 Å². The van der Waals surface area contributed by atoms with Crippen LogP contribution in [-0.4, -0.2) is 48.8 Å². The van der Waals surface area contributed by atoms with Crippen molar-refractivity contribution in [2.24, 2.45) is 0 Å². The molecule has 0 spiro atoms. The van der Waals surface area contributed by atoms with Gasteiger partial charge in [0, 0.05) is 49.2 Å². The molecule has 2 N–H and O–H groups in total. The molecule has 3 aromatic rings. The summed E-state index contributed by atoms with van der Waals surface area (Å²) in [5, 5.41) is 6.03. The molecule has 0 radical (unpaired) electrons. The number of nitrogens with zero attached hydrogens (tertiary/aromatic N) is 4. The quantitative estimate of drug-likeness (QED) is 0.397. The molecule has 3 heterocycles. The van der Waals surface area contributed by atoms with E-state index in [1.807, 2.05) is 4.90 Å². The summed E-state index contributed by atoms with van der Waals surface area (Å²) >= 11 is 0. The summed E-state index contributed by atoms with van der Waals surface area (Å²) in [6.07, 6.45) is -3.91. The molecule has 0 aliphatic carbocycles. The molecule has 1 fully saturated rings. The van der Waals surface area contributed by atoms with Crippen molar-refractivity contribution < 1.29 is 26.7 Å². The van der Waals surface area contributed by atoms with E-state index < -0.39 is 23.4 Å². The van der Waals surface area contributed by atoms with Crippen LogP contribution in [0.15, 0.2) is 48.8 Å². The zero-order valence-corrected chi connectivity index (χ0v) is 21.4. The van der Waals surface area contributed by atoms with Gasteiger partial charge in [-0.1, -0.05) is 6.58 Å². The fraction of sp³-hybridized carbons (Fsp3) is 0.333. The van der Waals surface area contributed by atoms with Crippen LogP contribution in [0.5, 0.6) is 5.75 Å². The number of fused-ring (bicyclic) bond motifs is 1. The van der Waals surface area contributed by atoms with Gasteiger partial charge in [-0.2, -0.15) is 13.2 Å². The number of benzene rings is 2. The van der Waals surface area contributed by atoms with Gasteiger partial charge < -0.3 is 25.2 Å². The Kier molecular flexibility index (Phi) is 7.06. The third-order valence-corrected chi connectivity index (χ3v) is 6.55. The fourth-order valence-corrected chi connectivity index (χ4v) is 4.84. The maximum Gasteiger partial charge on any atom is 0.420 e. The van der Waals surface area contributed by atoms with E-state index in [0.29, 0.717) is 30.2 Å². The van der Waals surface area contributed by atoms with Gasteiger partial charge in [0.25, 0.3) is 0 Å². The molecule has 2 aliphatic rings. The Morgan fingerprint density at radius 2 is 1.79 bits per heavy atom. The predicted molar refractivity (Wildman–Crippen MR) is 139 cm³/mol. The summed E-state index contributed by atoms with van der Waals surface area (Å²) in [5.41, 5.74) is -0.169. The summed E-state index contributed by atoms with van der Waals surface area (Å²) in [6, 6.07) is 6.50. The third-order valence-electron chi connectivity index (χ3n) is 6.55. The van der Waals surface area contributed by atoms with Crippen LogP contribution in [0.1, 0.15) is 19.4 Å². The topological polar surface area (TPSA) is 65.5 Å². The number of piperazine rings is 1. The molecule has 1 aromatic heterocycles. The molecule has 5 rings (SSSR count). The summed E-state index contributed by atoms with van der Waals surface area (Å²) < 4.78 is 77.4. The Morgan fingerprint density at radius 3 is 2.46 bits per heavy atom. The minimum absolute atomic E-state index is 0.103. The monoisotopic (exact) mass is 546 g/mol. The van der Waals surface area contributed by atoms with Gasteiger partial charge in [0.1, 0.15) is 23.7 Å². The number of ether oxygens (including phenoxy) is 1. The van der Waals surface area contributed by atoms with Crippen molar-refractivity contribution in [1.29, 1.82) is 0 Å². The van der Waals surface area contributed by atoms with Gasteiger partial charge in [-0.25, -0.2) is 18.7 Å². The highest BCUT2D eigenvalue weighted by Gasteiger charge is 2.39. The lowest BCUT2D eigenvalue weighted by molar-refractivity contribution is -0.138. The van der Waals surface area contributed by atoms with Crippen LogP contribution in [0.2, 0.25) is 0 Å². The van der Waals surface area contributed by atoms with E-state index in [0.717, 1.165) is 25.4 Å². The van der Waals surface area contributed by atoms with Crippen LogP contribution in [0, 0.1) is 11.6 Å². The molecule has 206 valence electrons. The zero-order valence-electron chi connectivity index (χ0n) is 21.4.